The third-order valence-electron chi connectivity index (χ3n) is 4.05. The van der Waals surface area contributed by atoms with Crippen LogP contribution in [0.1, 0.15) is 23.1 Å². The van der Waals surface area contributed by atoms with E-state index in [0.29, 0.717) is 12.5 Å². The van der Waals surface area contributed by atoms with E-state index in [2.05, 4.69) is 34.4 Å². The quantitative estimate of drug-likeness (QED) is 0.506. The zero-order valence-corrected chi connectivity index (χ0v) is 13.6. The largest absolute Gasteiger partial charge is 0.481 e. The Morgan fingerprint density at radius 3 is 2.75 bits per heavy atom. The summed E-state index contributed by atoms with van der Waals surface area (Å²) in [6.07, 6.45) is 8.74. The first kappa shape index (κ1) is 15.9. The number of aliphatic imine (C=N–C) groups is 1. The van der Waals surface area contributed by atoms with Crippen LogP contribution in [0, 0.1) is 12.3 Å². The highest BCUT2D eigenvalue weighted by Crippen LogP contribution is 2.24. The predicted octanol–water partition coefficient (Wildman–Crippen LogP) is 3.11. The summed E-state index contributed by atoms with van der Waals surface area (Å²) in [6, 6.07) is 14.1. The maximum absolute atomic E-state index is 5.99. The Hall–Kier alpha value is -2.93. The minimum atomic E-state index is 0.273. The number of nitrogens with zero attached hydrogens (tertiary/aromatic N) is 1. The van der Waals surface area contributed by atoms with Crippen molar-refractivity contribution in [2.24, 2.45) is 10.7 Å². The molecule has 4 heteroatoms. The van der Waals surface area contributed by atoms with Gasteiger partial charge >= 0.3 is 0 Å². The molecule has 0 unspecified atom stereocenters. The predicted molar refractivity (Wildman–Crippen MR) is 98.2 cm³/mol. The van der Waals surface area contributed by atoms with Crippen LogP contribution in [0.2, 0.25) is 0 Å². The van der Waals surface area contributed by atoms with Gasteiger partial charge in [0.25, 0.3) is 0 Å². The van der Waals surface area contributed by atoms with Gasteiger partial charge in [-0.3, -0.25) is 0 Å². The van der Waals surface area contributed by atoms with Gasteiger partial charge in [0.2, 0.25) is 0 Å². The highest BCUT2D eigenvalue weighted by molar-refractivity contribution is 5.92. The summed E-state index contributed by atoms with van der Waals surface area (Å²) in [4.78, 5) is 4.39. The van der Waals surface area contributed by atoms with E-state index in [-0.39, 0.29) is 6.61 Å². The summed E-state index contributed by atoms with van der Waals surface area (Å²) in [5.41, 5.74) is 10.9. The third kappa shape index (κ3) is 4.08. The number of nitrogens with one attached hydrogen (secondary N) is 1. The number of rotatable bonds is 5. The fourth-order valence-corrected chi connectivity index (χ4v) is 2.83. The summed E-state index contributed by atoms with van der Waals surface area (Å²) in [5, 5.41) is 3.16. The van der Waals surface area contributed by atoms with Crippen molar-refractivity contribution in [2.45, 2.75) is 25.8 Å². The van der Waals surface area contributed by atoms with E-state index in [1.807, 2.05) is 24.3 Å². The Labute approximate surface area is 142 Å². The van der Waals surface area contributed by atoms with E-state index < -0.39 is 0 Å². The first-order valence-electron chi connectivity index (χ1n) is 8.08. The molecule has 1 aliphatic carbocycles. The van der Waals surface area contributed by atoms with Gasteiger partial charge < -0.3 is 15.8 Å². The Bertz CT molecular complexity index is 772. The average molecular weight is 319 g/mol. The maximum atomic E-state index is 5.99. The number of ether oxygens (including phenoxy) is 1. The van der Waals surface area contributed by atoms with Crippen LogP contribution in [0.3, 0.4) is 0 Å². The second kappa shape index (κ2) is 7.56. The van der Waals surface area contributed by atoms with Gasteiger partial charge in [0.15, 0.2) is 5.96 Å². The number of guanidine groups is 1. The molecule has 2 aromatic carbocycles. The first-order valence-corrected chi connectivity index (χ1v) is 8.08. The molecule has 2 aromatic rings. The van der Waals surface area contributed by atoms with Crippen LogP contribution in [-0.4, -0.2) is 12.6 Å². The Morgan fingerprint density at radius 1 is 1.17 bits per heavy atom. The minimum Gasteiger partial charge on any atom is -0.481 e. The van der Waals surface area contributed by atoms with Crippen LogP contribution in [0.5, 0.6) is 5.75 Å². The van der Waals surface area contributed by atoms with Gasteiger partial charge in [-0.2, -0.15) is 0 Å². The van der Waals surface area contributed by atoms with Crippen LogP contribution < -0.4 is 15.8 Å². The molecule has 0 aliphatic heterocycles. The second-order valence-corrected chi connectivity index (χ2v) is 5.80. The van der Waals surface area contributed by atoms with E-state index in [1.165, 1.54) is 24.0 Å². The van der Waals surface area contributed by atoms with Gasteiger partial charge in [-0.05, 0) is 60.2 Å². The van der Waals surface area contributed by atoms with Gasteiger partial charge in [0.1, 0.15) is 12.4 Å². The van der Waals surface area contributed by atoms with Crippen molar-refractivity contribution in [2.75, 3.05) is 11.9 Å². The highest BCUT2D eigenvalue weighted by atomic mass is 16.5. The lowest BCUT2D eigenvalue weighted by Gasteiger charge is -2.08. The number of anilines is 1. The SMILES string of the molecule is C#CCOc1ccc(CN=C(N)Nc2ccc3c(c2)CCC3)cc1. The number of nitrogens with two attached hydrogens (primary N) is 1. The summed E-state index contributed by atoms with van der Waals surface area (Å²) in [7, 11) is 0. The molecule has 122 valence electrons. The Balaban J connectivity index is 1.57. The molecule has 1 aliphatic rings. The molecule has 0 radical (unpaired) electrons. The fraction of sp³-hybridized carbons (Fsp3) is 0.250. The molecular formula is C20H21N3O. The van der Waals surface area contributed by atoms with Crippen LogP contribution in [0.15, 0.2) is 47.5 Å². The number of hydrogen-bond donors (Lipinski definition) is 2. The lowest BCUT2D eigenvalue weighted by molar-refractivity contribution is 0.370. The first-order chi connectivity index (χ1) is 11.7. The second-order valence-electron chi connectivity index (χ2n) is 5.80. The molecular weight excluding hydrogens is 298 g/mol. The Kier molecular flexibility index (Phi) is 5.02. The van der Waals surface area contributed by atoms with E-state index in [9.17, 15) is 0 Å². The van der Waals surface area contributed by atoms with Gasteiger partial charge in [0.05, 0.1) is 6.54 Å². The van der Waals surface area contributed by atoms with Gasteiger partial charge in [-0.25, -0.2) is 4.99 Å². The van der Waals surface area contributed by atoms with Crippen molar-refractivity contribution in [3.63, 3.8) is 0 Å². The fourth-order valence-electron chi connectivity index (χ4n) is 2.83. The number of aryl methyl sites for hydroxylation is 2. The molecule has 24 heavy (non-hydrogen) atoms. The third-order valence-corrected chi connectivity index (χ3v) is 4.05. The zero-order valence-electron chi connectivity index (χ0n) is 13.6. The molecule has 0 heterocycles. The normalized spacial score (nSPS) is 13.2. The van der Waals surface area contributed by atoms with Gasteiger partial charge in [-0.15, -0.1) is 6.42 Å². The summed E-state index contributed by atoms with van der Waals surface area (Å²) >= 11 is 0. The summed E-state index contributed by atoms with van der Waals surface area (Å²) in [6.45, 7) is 0.786. The molecule has 3 rings (SSSR count). The Morgan fingerprint density at radius 2 is 1.96 bits per heavy atom. The van der Waals surface area contributed by atoms with Crippen molar-refractivity contribution in [1.82, 2.24) is 0 Å². The smallest absolute Gasteiger partial charge is 0.193 e. The highest BCUT2D eigenvalue weighted by Gasteiger charge is 2.10. The molecule has 0 saturated heterocycles. The van der Waals surface area contributed by atoms with Crippen molar-refractivity contribution in [1.29, 1.82) is 0 Å². The van der Waals surface area contributed by atoms with Crippen LogP contribution in [0.25, 0.3) is 0 Å². The van der Waals surface area contributed by atoms with Crippen molar-refractivity contribution in [3.05, 3.63) is 59.2 Å². The average Bonchev–Trinajstić information content (AvgIpc) is 3.07. The van der Waals surface area contributed by atoms with Crippen LogP contribution in [-0.2, 0) is 19.4 Å². The molecule has 0 saturated carbocycles. The molecule has 0 spiro atoms. The number of hydrogen-bond acceptors (Lipinski definition) is 2. The molecule has 4 nitrogen and oxygen atoms in total. The summed E-state index contributed by atoms with van der Waals surface area (Å²) < 4.78 is 5.34. The molecule has 0 aromatic heterocycles. The van der Waals surface area contributed by atoms with Gasteiger partial charge in [-0.1, -0.05) is 24.1 Å². The summed E-state index contributed by atoms with van der Waals surface area (Å²) in [5.74, 6) is 3.61. The lowest BCUT2D eigenvalue weighted by atomic mass is 10.1. The molecule has 0 fully saturated rings. The molecule has 0 amide bonds. The van der Waals surface area contributed by atoms with E-state index in [4.69, 9.17) is 16.9 Å². The number of benzene rings is 2. The minimum absolute atomic E-state index is 0.273. The topological polar surface area (TPSA) is 59.6 Å². The van der Waals surface area contributed by atoms with Crippen molar-refractivity contribution < 1.29 is 4.74 Å². The van der Waals surface area contributed by atoms with Crippen molar-refractivity contribution >= 4 is 11.6 Å². The zero-order chi connectivity index (χ0) is 16.8. The van der Waals surface area contributed by atoms with Crippen LogP contribution in [0.4, 0.5) is 5.69 Å². The van der Waals surface area contributed by atoms with Gasteiger partial charge in [0, 0.05) is 5.69 Å². The van der Waals surface area contributed by atoms with E-state index >= 15 is 0 Å². The lowest BCUT2D eigenvalue weighted by Crippen LogP contribution is -2.22. The van der Waals surface area contributed by atoms with E-state index in [0.717, 1.165) is 23.4 Å². The van der Waals surface area contributed by atoms with E-state index in [1.54, 1.807) is 0 Å². The number of terminal acetylenes is 1. The molecule has 0 atom stereocenters. The molecule has 0 bridgehead atoms. The van der Waals surface area contributed by atoms with Crippen molar-refractivity contribution in [3.8, 4) is 18.1 Å². The monoisotopic (exact) mass is 319 g/mol. The molecule has 3 N–H and O–H groups in total. The maximum Gasteiger partial charge on any atom is 0.193 e. The van der Waals surface area contributed by atoms with Crippen LogP contribution >= 0.6 is 0 Å². The number of fused-ring (bicyclic) bond motifs is 1. The standard InChI is InChI=1S/C20H21N3O/c1-2-12-24-19-10-6-15(7-11-19)14-22-20(21)23-18-9-8-16-4-3-5-17(16)13-18/h1,6-11,13H,3-5,12,14H2,(H3,21,22,23).